The predicted octanol–water partition coefficient (Wildman–Crippen LogP) is 3.76. The molecule has 0 bridgehead atoms. The number of hydrogen-bond acceptors (Lipinski definition) is 3. The van der Waals surface area contributed by atoms with Gasteiger partial charge in [0.1, 0.15) is 12.4 Å². The third kappa shape index (κ3) is 3.12. The fourth-order valence-corrected chi connectivity index (χ4v) is 2.87. The first-order chi connectivity index (χ1) is 12.3. The summed E-state index contributed by atoms with van der Waals surface area (Å²) >= 11 is 0. The van der Waals surface area contributed by atoms with Gasteiger partial charge in [-0.15, -0.1) is 0 Å². The van der Waals surface area contributed by atoms with Crippen LogP contribution in [0.5, 0.6) is 0 Å². The first-order valence-electron chi connectivity index (χ1n) is 8.15. The monoisotopic (exact) mass is 358 g/mol. The summed E-state index contributed by atoms with van der Waals surface area (Å²) in [4.78, 5) is 17.8. The number of nitrogens with zero attached hydrogens (tertiary/aromatic N) is 3. The Morgan fingerprint density at radius 3 is 2.69 bits per heavy atom. The van der Waals surface area contributed by atoms with Crippen molar-refractivity contribution in [1.29, 1.82) is 0 Å². The van der Waals surface area contributed by atoms with E-state index in [9.17, 15) is 13.6 Å². The number of anilines is 2. The summed E-state index contributed by atoms with van der Waals surface area (Å²) in [5.41, 5.74) is 2.10. The predicted molar refractivity (Wildman–Crippen MR) is 97.5 cm³/mol. The van der Waals surface area contributed by atoms with E-state index in [0.29, 0.717) is 17.1 Å². The molecule has 7 heteroatoms. The van der Waals surface area contributed by atoms with Crippen LogP contribution in [0.3, 0.4) is 0 Å². The molecule has 0 aliphatic rings. The third-order valence-corrected chi connectivity index (χ3v) is 4.40. The van der Waals surface area contributed by atoms with Crippen LogP contribution in [0.15, 0.2) is 30.6 Å². The zero-order chi connectivity index (χ0) is 19.0. The SMILES string of the molecule is Cc1cc(F)c(F)c(C)c1Nc1nccc2c1ccn2CC(=O)N(C)C. The van der Waals surface area contributed by atoms with E-state index in [-0.39, 0.29) is 18.0 Å². The van der Waals surface area contributed by atoms with E-state index in [2.05, 4.69) is 10.3 Å². The standard InChI is InChI=1S/C19H20F2N4O/c1-11-9-14(20)17(21)12(2)18(11)23-19-13-6-8-25(10-16(26)24(3)4)15(13)5-7-22-19/h5-9H,10H2,1-4H3,(H,22,23). The number of rotatable bonds is 4. The number of likely N-dealkylation sites (N-methyl/N-ethyl adjacent to an activating group) is 1. The maximum atomic E-state index is 13.9. The number of amides is 1. The first kappa shape index (κ1) is 17.8. The minimum Gasteiger partial charge on any atom is -0.347 e. The van der Waals surface area contributed by atoms with Gasteiger partial charge in [0.2, 0.25) is 5.91 Å². The molecule has 0 unspecified atom stereocenters. The number of pyridine rings is 1. The number of hydrogen-bond donors (Lipinski definition) is 1. The number of halogens is 2. The van der Waals surface area contributed by atoms with Gasteiger partial charge < -0.3 is 14.8 Å². The highest BCUT2D eigenvalue weighted by atomic mass is 19.2. The van der Waals surface area contributed by atoms with E-state index in [1.807, 2.05) is 22.9 Å². The Bertz CT molecular complexity index is 995. The van der Waals surface area contributed by atoms with Crippen molar-refractivity contribution in [1.82, 2.24) is 14.5 Å². The number of benzene rings is 1. The Morgan fingerprint density at radius 1 is 1.27 bits per heavy atom. The Balaban J connectivity index is 2.02. The quantitative estimate of drug-likeness (QED) is 0.773. The lowest BCUT2D eigenvalue weighted by Crippen LogP contribution is -2.25. The summed E-state index contributed by atoms with van der Waals surface area (Å²) in [5.74, 6) is -1.25. The van der Waals surface area contributed by atoms with Crippen molar-refractivity contribution in [2.24, 2.45) is 0 Å². The molecular formula is C19H20F2N4O. The number of carbonyl (C=O) groups excluding carboxylic acids is 1. The zero-order valence-corrected chi connectivity index (χ0v) is 15.1. The van der Waals surface area contributed by atoms with E-state index in [4.69, 9.17) is 0 Å². The number of fused-ring (bicyclic) bond motifs is 1. The van der Waals surface area contributed by atoms with Crippen LogP contribution in [0, 0.1) is 25.5 Å². The highest BCUT2D eigenvalue weighted by Crippen LogP contribution is 2.31. The number of aromatic nitrogens is 2. The Hall–Kier alpha value is -2.96. The van der Waals surface area contributed by atoms with Crippen molar-refractivity contribution in [3.8, 4) is 0 Å². The summed E-state index contributed by atoms with van der Waals surface area (Å²) in [6.07, 6.45) is 3.43. The molecule has 0 saturated carbocycles. The smallest absolute Gasteiger partial charge is 0.241 e. The van der Waals surface area contributed by atoms with Crippen molar-refractivity contribution >= 4 is 28.3 Å². The fourth-order valence-electron chi connectivity index (χ4n) is 2.87. The lowest BCUT2D eigenvalue weighted by molar-refractivity contribution is -0.129. The topological polar surface area (TPSA) is 50.2 Å². The molecule has 0 aliphatic heterocycles. The van der Waals surface area contributed by atoms with Crippen LogP contribution in [0.1, 0.15) is 11.1 Å². The van der Waals surface area contributed by atoms with E-state index in [0.717, 1.165) is 17.0 Å². The summed E-state index contributed by atoms with van der Waals surface area (Å²) < 4.78 is 29.3. The van der Waals surface area contributed by atoms with Gasteiger partial charge in [0.15, 0.2) is 11.6 Å². The molecule has 3 rings (SSSR count). The number of aryl methyl sites for hydroxylation is 1. The van der Waals surface area contributed by atoms with Crippen LogP contribution in [-0.2, 0) is 11.3 Å². The molecule has 0 saturated heterocycles. The van der Waals surface area contributed by atoms with Crippen molar-refractivity contribution < 1.29 is 13.6 Å². The van der Waals surface area contributed by atoms with Crippen LogP contribution in [0.2, 0.25) is 0 Å². The van der Waals surface area contributed by atoms with E-state index in [1.54, 1.807) is 27.2 Å². The summed E-state index contributed by atoms with van der Waals surface area (Å²) in [6, 6.07) is 4.82. The minimum absolute atomic E-state index is 0.0267. The number of nitrogens with one attached hydrogen (secondary N) is 1. The van der Waals surface area contributed by atoms with Crippen molar-refractivity contribution in [2.45, 2.75) is 20.4 Å². The Labute approximate surface area is 150 Å². The van der Waals surface area contributed by atoms with Crippen LogP contribution in [0.25, 0.3) is 10.9 Å². The van der Waals surface area contributed by atoms with Crippen LogP contribution < -0.4 is 5.32 Å². The average Bonchev–Trinajstić information content (AvgIpc) is 3.00. The normalized spacial score (nSPS) is 11.0. The van der Waals surface area contributed by atoms with Gasteiger partial charge in [0.25, 0.3) is 0 Å². The molecule has 26 heavy (non-hydrogen) atoms. The maximum absolute atomic E-state index is 13.9. The van der Waals surface area contributed by atoms with Gasteiger partial charge in [0, 0.05) is 43.1 Å². The van der Waals surface area contributed by atoms with Crippen LogP contribution in [-0.4, -0.2) is 34.5 Å². The highest BCUT2D eigenvalue weighted by molar-refractivity contribution is 5.93. The molecule has 3 aromatic rings. The Kier molecular flexibility index (Phi) is 4.63. The lowest BCUT2D eigenvalue weighted by Gasteiger charge is -2.15. The van der Waals surface area contributed by atoms with Gasteiger partial charge in [-0.05, 0) is 37.6 Å². The molecule has 2 aromatic heterocycles. The average molecular weight is 358 g/mol. The van der Waals surface area contributed by atoms with Crippen molar-refractivity contribution in [2.75, 3.05) is 19.4 Å². The first-order valence-corrected chi connectivity index (χ1v) is 8.15. The molecule has 0 fully saturated rings. The van der Waals surface area contributed by atoms with Crippen molar-refractivity contribution in [3.05, 3.63) is 53.4 Å². The lowest BCUT2D eigenvalue weighted by atomic mass is 10.1. The molecule has 5 nitrogen and oxygen atoms in total. The molecule has 1 aromatic carbocycles. The van der Waals surface area contributed by atoms with E-state index in [1.165, 1.54) is 11.8 Å². The van der Waals surface area contributed by atoms with Crippen molar-refractivity contribution in [3.63, 3.8) is 0 Å². The molecule has 0 spiro atoms. The van der Waals surface area contributed by atoms with Crippen LogP contribution in [0.4, 0.5) is 20.3 Å². The second-order valence-electron chi connectivity index (χ2n) is 6.44. The maximum Gasteiger partial charge on any atom is 0.241 e. The van der Waals surface area contributed by atoms with E-state index >= 15 is 0 Å². The third-order valence-electron chi connectivity index (χ3n) is 4.40. The molecule has 0 radical (unpaired) electrons. The van der Waals surface area contributed by atoms with Gasteiger partial charge in [-0.2, -0.15) is 0 Å². The molecular weight excluding hydrogens is 338 g/mol. The summed E-state index contributed by atoms with van der Waals surface area (Å²) in [7, 11) is 3.41. The van der Waals surface area contributed by atoms with E-state index < -0.39 is 11.6 Å². The molecule has 1 N–H and O–H groups in total. The molecule has 136 valence electrons. The summed E-state index contributed by atoms with van der Waals surface area (Å²) in [5, 5.41) is 3.91. The molecule has 0 aliphatic carbocycles. The van der Waals surface area contributed by atoms with Gasteiger partial charge in [-0.25, -0.2) is 13.8 Å². The minimum atomic E-state index is -0.876. The van der Waals surface area contributed by atoms with Gasteiger partial charge in [-0.1, -0.05) is 0 Å². The fraction of sp³-hybridized carbons (Fsp3) is 0.263. The second-order valence-corrected chi connectivity index (χ2v) is 6.44. The highest BCUT2D eigenvalue weighted by Gasteiger charge is 2.16. The zero-order valence-electron chi connectivity index (χ0n) is 15.1. The van der Waals surface area contributed by atoms with Gasteiger partial charge >= 0.3 is 0 Å². The summed E-state index contributed by atoms with van der Waals surface area (Å²) in [6.45, 7) is 3.44. The van der Waals surface area contributed by atoms with Gasteiger partial charge in [-0.3, -0.25) is 4.79 Å². The van der Waals surface area contributed by atoms with Crippen LogP contribution >= 0.6 is 0 Å². The molecule has 1 amide bonds. The number of carbonyl (C=O) groups is 1. The molecule has 2 heterocycles. The van der Waals surface area contributed by atoms with Gasteiger partial charge in [0.05, 0.1) is 5.52 Å². The molecule has 0 atom stereocenters. The second kappa shape index (κ2) is 6.74. The Morgan fingerprint density at radius 2 is 2.00 bits per heavy atom. The largest absolute Gasteiger partial charge is 0.347 e.